The second kappa shape index (κ2) is 10.8. The number of halogens is 1. The minimum Gasteiger partial charge on any atom is -0.545 e. The van der Waals surface area contributed by atoms with Gasteiger partial charge in [0, 0.05) is 23.2 Å². The molecule has 6 nitrogen and oxygen atoms in total. The van der Waals surface area contributed by atoms with E-state index in [0.29, 0.717) is 12.1 Å². The summed E-state index contributed by atoms with van der Waals surface area (Å²) in [6.07, 6.45) is 3.92. The van der Waals surface area contributed by atoms with Gasteiger partial charge in [-0.05, 0) is 23.8 Å². The summed E-state index contributed by atoms with van der Waals surface area (Å²) in [7, 11) is 0. The van der Waals surface area contributed by atoms with Gasteiger partial charge in [0.2, 0.25) is 0 Å². The van der Waals surface area contributed by atoms with E-state index in [-0.39, 0.29) is 22.5 Å². The monoisotopic (exact) mass is 397 g/mol. The van der Waals surface area contributed by atoms with Crippen LogP contribution < -0.4 is 16.2 Å². The number of quaternary nitrogens is 1. The van der Waals surface area contributed by atoms with Crippen molar-refractivity contribution in [3.63, 3.8) is 0 Å². The van der Waals surface area contributed by atoms with Crippen molar-refractivity contribution < 1.29 is 20.4 Å². The van der Waals surface area contributed by atoms with E-state index in [1.165, 1.54) is 12.1 Å². The third-order valence-corrected chi connectivity index (χ3v) is 4.05. The summed E-state index contributed by atoms with van der Waals surface area (Å²) in [5.74, 6) is -1.34. The molecule has 0 unspecified atom stereocenters. The number of hydrogen-bond acceptors (Lipinski definition) is 4. The summed E-state index contributed by atoms with van der Waals surface area (Å²) >= 11 is 5.50. The van der Waals surface area contributed by atoms with Crippen molar-refractivity contribution in [2.24, 2.45) is 0 Å². The summed E-state index contributed by atoms with van der Waals surface area (Å²) in [6.45, 7) is 0. The van der Waals surface area contributed by atoms with E-state index in [9.17, 15) is 14.7 Å². The normalized spacial score (nSPS) is 10.9. The average Bonchev–Trinajstić information content (AvgIpc) is 2.70. The van der Waals surface area contributed by atoms with Crippen molar-refractivity contribution in [3.05, 3.63) is 95.3 Å². The van der Waals surface area contributed by atoms with Gasteiger partial charge in [-0.2, -0.15) is 0 Å². The van der Waals surface area contributed by atoms with Crippen molar-refractivity contribution in [3.8, 4) is 0 Å². The molecule has 0 saturated carbocycles. The maximum absolute atomic E-state index is 11.9. The van der Waals surface area contributed by atoms with Gasteiger partial charge in [0.25, 0.3) is 5.91 Å². The van der Waals surface area contributed by atoms with E-state index in [1.54, 1.807) is 36.7 Å². The Bertz CT molecular complexity index is 905. The molecular formula is C21H20ClN3O3. The molecule has 0 bridgehead atoms. The summed E-state index contributed by atoms with van der Waals surface area (Å²) in [5.41, 5.74) is 5.74. The van der Waals surface area contributed by atoms with Gasteiger partial charge in [0.15, 0.2) is 6.04 Å². The molecule has 0 spiro atoms. The fraction of sp³-hybridized carbons (Fsp3) is 0.0952. The third kappa shape index (κ3) is 6.83. The highest BCUT2D eigenvalue weighted by Gasteiger charge is 2.17. The minimum atomic E-state index is -1.24. The molecule has 0 saturated heterocycles. The van der Waals surface area contributed by atoms with Gasteiger partial charge in [0.05, 0.1) is 17.9 Å². The number of carbonyl (C=O) groups is 2. The smallest absolute Gasteiger partial charge is 0.282 e. The first-order valence-electron chi connectivity index (χ1n) is 8.51. The highest BCUT2D eigenvalue weighted by atomic mass is 35.5. The number of carbonyl (C=O) groups excluding carboxylic acids is 2. The lowest BCUT2D eigenvalue weighted by Gasteiger charge is -2.09. The van der Waals surface area contributed by atoms with E-state index in [2.05, 4.69) is 16.0 Å². The van der Waals surface area contributed by atoms with Gasteiger partial charge in [-0.1, -0.05) is 60.1 Å². The molecule has 0 aliphatic carbocycles. The predicted molar refractivity (Wildman–Crippen MR) is 105 cm³/mol. The molecule has 0 aliphatic heterocycles. The average molecular weight is 398 g/mol. The van der Waals surface area contributed by atoms with Crippen LogP contribution in [0.3, 0.4) is 0 Å². The van der Waals surface area contributed by atoms with Crippen molar-refractivity contribution in [1.29, 1.82) is 0 Å². The van der Waals surface area contributed by atoms with E-state index < -0.39 is 5.97 Å². The van der Waals surface area contributed by atoms with Gasteiger partial charge >= 0.3 is 0 Å². The van der Waals surface area contributed by atoms with Gasteiger partial charge in [-0.25, -0.2) is 0 Å². The number of benzene rings is 2. The predicted octanol–water partition coefficient (Wildman–Crippen LogP) is 1.58. The van der Waals surface area contributed by atoms with Crippen molar-refractivity contribution >= 4 is 29.2 Å². The zero-order chi connectivity index (χ0) is 20.4. The van der Waals surface area contributed by atoms with Crippen LogP contribution in [-0.4, -0.2) is 22.9 Å². The van der Waals surface area contributed by atoms with Crippen LogP contribution in [0.15, 0.2) is 79.1 Å². The molecule has 7 heteroatoms. The van der Waals surface area contributed by atoms with E-state index >= 15 is 0 Å². The summed E-state index contributed by atoms with van der Waals surface area (Å²) in [4.78, 5) is 26.1. The lowest BCUT2D eigenvalue weighted by molar-refractivity contribution is -0.402. The van der Waals surface area contributed by atoms with Gasteiger partial charge in [-0.3, -0.25) is 9.78 Å². The quantitative estimate of drug-likeness (QED) is 0.680. The Labute approximate surface area is 168 Å². The number of pyridine rings is 1. The Morgan fingerprint density at radius 2 is 1.71 bits per heavy atom. The Balaban J connectivity index is 0.000000237. The standard InChI is InChI=1S/C14H15N3O.C7H5ClO2/c15-13(9-11-5-2-1-3-6-11)14(18)17-12-7-4-8-16-10-12;8-6-4-2-1-3-5(6)7(9)10/h1-8,10,13H,9,15H2,(H,17,18);1-4H,(H,9,10)/t13-;/m0./s1. The number of nitrogens with one attached hydrogen (secondary N) is 1. The second-order valence-electron chi connectivity index (χ2n) is 5.88. The highest BCUT2D eigenvalue weighted by Crippen LogP contribution is 2.13. The number of carboxylic acid groups (broad SMARTS) is 1. The molecule has 144 valence electrons. The minimum absolute atomic E-state index is 0.0316. The summed E-state index contributed by atoms with van der Waals surface area (Å²) in [5, 5.41) is 13.2. The van der Waals surface area contributed by atoms with Crippen LogP contribution in [0, 0.1) is 0 Å². The van der Waals surface area contributed by atoms with Gasteiger partial charge < -0.3 is 21.0 Å². The first-order chi connectivity index (χ1) is 13.5. The number of nitrogens with zero attached hydrogens (tertiary/aromatic N) is 1. The first kappa shape index (κ1) is 21.1. The van der Waals surface area contributed by atoms with Crippen LogP contribution in [-0.2, 0) is 11.2 Å². The second-order valence-corrected chi connectivity index (χ2v) is 6.29. The number of anilines is 1. The number of aromatic nitrogens is 1. The largest absolute Gasteiger partial charge is 0.545 e. The molecule has 0 fully saturated rings. The third-order valence-electron chi connectivity index (χ3n) is 3.72. The number of rotatable bonds is 5. The molecule has 3 rings (SSSR count). The molecule has 3 aromatic rings. The van der Waals surface area contributed by atoms with E-state index in [1.807, 2.05) is 30.3 Å². The van der Waals surface area contributed by atoms with E-state index in [0.717, 1.165) is 5.56 Å². The highest BCUT2D eigenvalue weighted by molar-refractivity contribution is 6.33. The molecule has 0 aliphatic rings. The molecule has 1 aromatic heterocycles. The van der Waals surface area contributed by atoms with Crippen LogP contribution in [0.5, 0.6) is 0 Å². The van der Waals surface area contributed by atoms with Crippen LogP contribution in [0.1, 0.15) is 15.9 Å². The zero-order valence-electron chi connectivity index (χ0n) is 15.0. The molecule has 1 amide bonds. The Morgan fingerprint density at radius 3 is 2.29 bits per heavy atom. The molecule has 28 heavy (non-hydrogen) atoms. The fourth-order valence-electron chi connectivity index (χ4n) is 2.30. The molecule has 1 atom stereocenters. The lowest BCUT2D eigenvalue weighted by Crippen LogP contribution is -2.67. The number of aromatic carboxylic acids is 1. The fourth-order valence-corrected chi connectivity index (χ4v) is 2.51. The zero-order valence-corrected chi connectivity index (χ0v) is 15.8. The summed E-state index contributed by atoms with van der Waals surface area (Å²) in [6, 6.07) is 19.3. The van der Waals surface area contributed by atoms with Crippen LogP contribution >= 0.6 is 11.6 Å². The SMILES string of the molecule is O=C([O-])c1ccccc1Cl.[NH3+][C@@H](Cc1ccccc1)C(=O)Nc1cccnc1. The lowest BCUT2D eigenvalue weighted by atomic mass is 10.1. The Hall–Kier alpha value is -3.22. The topological polar surface area (TPSA) is 110 Å². The maximum Gasteiger partial charge on any atom is 0.282 e. The molecule has 0 radical (unpaired) electrons. The van der Waals surface area contributed by atoms with E-state index in [4.69, 9.17) is 11.6 Å². The van der Waals surface area contributed by atoms with Gasteiger partial charge in [-0.15, -0.1) is 0 Å². The van der Waals surface area contributed by atoms with Crippen molar-refractivity contribution in [2.75, 3.05) is 5.32 Å². The summed E-state index contributed by atoms with van der Waals surface area (Å²) < 4.78 is 0. The Morgan fingerprint density at radius 1 is 1.04 bits per heavy atom. The molecular weight excluding hydrogens is 378 g/mol. The molecule has 2 aromatic carbocycles. The number of carboxylic acids is 1. The van der Waals surface area contributed by atoms with Crippen LogP contribution in [0.4, 0.5) is 5.69 Å². The van der Waals surface area contributed by atoms with Crippen LogP contribution in [0.25, 0.3) is 0 Å². The van der Waals surface area contributed by atoms with Gasteiger partial charge in [0.1, 0.15) is 0 Å². The molecule has 1 heterocycles. The number of amides is 1. The maximum atomic E-state index is 11.9. The van der Waals surface area contributed by atoms with Crippen molar-refractivity contribution in [1.82, 2.24) is 4.98 Å². The Kier molecular flexibility index (Phi) is 8.14. The van der Waals surface area contributed by atoms with Crippen LogP contribution in [0.2, 0.25) is 5.02 Å². The molecule has 4 N–H and O–H groups in total. The number of hydrogen-bond donors (Lipinski definition) is 2. The first-order valence-corrected chi connectivity index (χ1v) is 8.89. The van der Waals surface area contributed by atoms with Crippen molar-refractivity contribution in [2.45, 2.75) is 12.5 Å².